The predicted octanol–water partition coefficient (Wildman–Crippen LogP) is 3.38. The first kappa shape index (κ1) is 12.6. The van der Waals surface area contributed by atoms with Crippen molar-refractivity contribution in [2.75, 3.05) is 0 Å². The van der Waals surface area contributed by atoms with Gasteiger partial charge in [-0.05, 0) is 62.1 Å². The number of fused-ring (bicyclic) bond motifs is 2. The highest BCUT2D eigenvalue weighted by Gasteiger charge is 2.42. The summed E-state index contributed by atoms with van der Waals surface area (Å²) in [6, 6.07) is 6.07. The van der Waals surface area contributed by atoms with Crippen molar-refractivity contribution >= 4 is 5.91 Å². The summed E-state index contributed by atoms with van der Waals surface area (Å²) in [5, 5.41) is 3.04. The number of carbonyl (C=O) groups excluding carboxylic acids is 1. The summed E-state index contributed by atoms with van der Waals surface area (Å²) < 4.78 is 13.1. The van der Waals surface area contributed by atoms with Gasteiger partial charge in [-0.3, -0.25) is 4.79 Å². The molecule has 19 heavy (non-hydrogen) atoms. The van der Waals surface area contributed by atoms with Gasteiger partial charge >= 0.3 is 0 Å². The van der Waals surface area contributed by atoms with Crippen molar-refractivity contribution in [3.63, 3.8) is 0 Å². The minimum atomic E-state index is -0.361. The Kier molecular flexibility index (Phi) is 3.29. The van der Waals surface area contributed by atoms with Gasteiger partial charge in [0.05, 0.1) is 0 Å². The molecule has 102 valence electrons. The molecule has 2 nitrogen and oxygen atoms in total. The van der Waals surface area contributed by atoms with Crippen LogP contribution in [-0.4, -0.2) is 11.9 Å². The van der Waals surface area contributed by atoms with Crippen LogP contribution in [0.15, 0.2) is 24.3 Å². The van der Waals surface area contributed by atoms with Crippen molar-refractivity contribution in [3.05, 3.63) is 35.6 Å². The largest absolute Gasteiger partial charge is 0.349 e. The number of benzene rings is 1. The van der Waals surface area contributed by atoms with Crippen molar-refractivity contribution in [1.82, 2.24) is 5.32 Å². The number of rotatable bonds is 3. The van der Waals surface area contributed by atoms with Gasteiger partial charge in [-0.2, -0.15) is 0 Å². The molecule has 2 aliphatic carbocycles. The maximum atomic E-state index is 13.1. The van der Waals surface area contributed by atoms with E-state index in [9.17, 15) is 9.18 Å². The highest BCUT2D eigenvalue weighted by molar-refractivity contribution is 5.94. The average molecular weight is 261 g/mol. The van der Waals surface area contributed by atoms with Gasteiger partial charge in [0.25, 0.3) is 5.91 Å². The van der Waals surface area contributed by atoms with E-state index < -0.39 is 0 Å². The van der Waals surface area contributed by atoms with Gasteiger partial charge < -0.3 is 5.32 Å². The zero-order chi connectivity index (χ0) is 13.4. The lowest BCUT2D eigenvalue weighted by molar-refractivity contribution is 0.0915. The molecule has 0 aliphatic heterocycles. The fourth-order valence-corrected chi connectivity index (χ4v) is 3.93. The van der Waals surface area contributed by atoms with E-state index in [0.717, 1.165) is 11.8 Å². The molecule has 4 atom stereocenters. The number of hydrogen-bond acceptors (Lipinski definition) is 1. The number of amides is 1. The molecule has 0 saturated heterocycles. The van der Waals surface area contributed by atoms with E-state index in [4.69, 9.17) is 0 Å². The third-order valence-corrected chi connectivity index (χ3v) is 4.88. The van der Waals surface area contributed by atoms with Gasteiger partial charge in [-0.25, -0.2) is 4.39 Å². The van der Waals surface area contributed by atoms with Crippen LogP contribution in [-0.2, 0) is 0 Å². The Morgan fingerprint density at radius 1 is 1.37 bits per heavy atom. The van der Waals surface area contributed by atoms with E-state index in [1.807, 2.05) is 0 Å². The fraction of sp³-hybridized carbons (Fsp3) is 0.562. The lowest BCUT2D eigenvalue weighted by Crippen LogP contribution is -2.40. The molecule has 1 N–H and O–H groups in total. The van der Waals surface area contributed by atoms with Crippen LogP contribution in [0.2, 0.25) is 0 Å². The lowest BCUT2D eigenvalue weighted by atomic mass is 9.84. The predicted molar refractivity (Wildman–Crippen MR) is 72.3 cm³/mol. The zero-order valence-corrected chi connectivity index (χ0v) is 11.2. The lowest BCUT2D eigenvalue weighted by Gasteiger charge is -2.28. The molecule has 2 bridgehead atoms. The average Bonchev–Trinajstić information content (AvgIpc) is 3.00. The summed E-state index contributed by atoms with van der Waals surface area (Å²) in [6.45, 7) is 2.09. The van der Waals surface area contributed by atoms with Crippen molar-refractivity contribution < 1.29 is 9.18 Å². The highest BCUT2D eigenvalue weighted by atomic mass is 19.1. The molecule has 3 heteroatoms. The van der Waals surface area contributed by atoms with Crippen LogP contribution < -0.4 is 5.32 Å². The SMILES string of the molecule is C[C@H](NC(=O)c1cccc(F)c1)[C@H]1C[C@@H]2CC[C@@H]1C2. The number of halogens is 1. The molecule has 0 spiro atoms. The second-order valence-corrected chi connectivity index (χ2v) is 6.11. The summed E-state index contributed by atoms with van der Waals surface area (Å²) in [5.74, 6) is 1.75. The van der Waals surface area contributed by atoms with Gasteiger partial charge in [0.1, 0.15) is 5.82 Å². The van der Waals surface area contributed by atoms with Gasteiger partial charge in [0, 0.05) is 11.6 Å². The molecule has 0 aromatic heterocycles. The van der Waals surface area contributed by atoms with Crippen molar-refractivity contribution in [3.8, 4) is 0 Å². The molecule has 3 rings (SSSR count). The minimum absolute atomic E-state index is 0.158. The normalized spacial score (nSPS) is 30.3. The maximum absolute atomic E-state index is 13.1. The first-order chi connectivity index (χ1) is 9.13. The maximum Gasteiger partial charge on any atom is 0.251 e. The Morgan fingerprint density at radius 3 is 2.84 bits per heavy atom. The third kappa shape index (κ3) is 2.51. The summed E-state index contributed by atoms with van der Waals surface area (Å²) in [5.41, 5.74) is 0.412. The van der Waals surface area contributed by atoms with Crippen molar-refractivity contribution in [1.29, 1.82) is 0 Å². The molecule has 0 radical (unpaired) electrons. The Balaban J connectivity index is 1.63. The Labute approximate surface area is 113 Å². The van der Waals surface area contributed by atoms with Gasteiger partial charge in [0.15, 0.2) is 0 Å². The molecule has 1 aromatic carbocycles. The Hall–Kier alpha value is -1.38. The molecular weight excluding hydrogens is 241 g/mol. The molecule has 2 aliphatic rings. The van der Waals surface area contributed by atoms with Crippen LogP contribution in [0.5, 0.6) is 0 Å². The second-order valence-electron chi connectivity index (χ2n) is 6.11. The van der Waals surface area contributed by atoms with Crippen LogP contribution >= 0.6 is 0 Å². The smallest absolute Gasteiger partial charge is 0.251 e. The van der Waals surface area contributed by atoms with E-state index in [1.165, 1.54) is 37.8 Å². The standard InChI is InChI=1S/C16H20FNO/c1-10(15-8-11-5-6-12(15)7-11)18-16(19)13-3-2-4-14(17)9-13/h2-4,9-12,15H,5-8H2,1H3,(H,18,19)/t10-,11+,12+,15+/m0/s1. The molecule has 0 unspecified atom stereocenters. The van der Waals surface area contributed by atoms with E-state index in [2.05, 4.69) is 12.2 Å². The van der Waals surface area contributed by atoms with Crippen molar-refractivity contribution in [2.45, 2.75) is 38.6 Å². The number of hydrogen-bond donors (Lipinski definition) is 1. The third-order valence-electron chi connectivity index (χ3n) is 4.88. The first-order valence-electron chi connectivity index (χ1n) is 7.20. The molecule has 1 amide bonds. The van der Waals surface area contributed by atoms with Crippen molar-refractivity contribution in [2.24, 2.45) is 17.8 Å². The van der Waals surface area contributed by atoms with Crippen LogP contribution in [0.3, 0.4) is 0 Å². The van der Waals surface area contributed by atoms with Crippen LogP contribution in [0.4, 0.5) is 4.39 Å². The monoisotopic (exact) mass is 261 g/mol. The van der Waals surface area contributed by atoms with Crippen LogP contribution in [0.1, 0.15) is 43.0 Å². The quantitative estimate of drug-likeness (QED) is 0.888. The van der Waals surface area contributed by atoms with E-state index >= 15 is 0 Å². The molecular formula is C16H20FNO. The highest BCUT2D eigenvalue weighted by Crippen LogP contribution is 2.49. The van der Waals surface area contributed by atoms with Gasteiger partial charge in [0.2, 0.25) is 0 Å². The Bertz CT molecular complexity index is 487. The summed E-state index contributed by atoms with van der Waals surface area (Å²) >= 11 is 0. The van der Waals surface area contributed by atoms with E-state index in [-0.39, 0.29) is 17.8 Å². The summed E-state index contributed by atoms with van der Waals surface area (Å²) in [4.78, 5) is 12.1. The molecule has 2 saturated carbocycles. The number of nitrogens with one attached hydrogen (secondary N) is 1. The fourth-order valence-electron chi connectivity index (χ4n) is 3.93. The molecule has 0 heterocycles. The van der Waals surface area contributed by atoms with Crippen LogP contribution in [0.25, 0.3) is 0 Å². The van der Waals surface area contributed by atoms with Gasteiger partial charge in [-0.1, -0.05) is 12.5 Å². The van der Waals surface area contributed by atoms with Gasteiger partial charge in [-0.15, -0.1) is 0 Å². The number of carbonyl (C=O) groups is 1. The summed E-state index contributed by atoms with van der Waals surface area (Å²) in [7, 11) is 0. The van der Waals surface area contributed by atoms with E-state index in [1.54, 1.807) is 12.1 Å². The molecule has 1 aromatic rings. The Morgan fingerprint density at radius 2 is 2.21 bits per heavy atom. The van der Waals surface area contributed by atoms with Crippen LogP contribution in [0, 0.1) is 23.6 Å². The van der Waals surface area contributed by atoms with E-state index in [0.29, 0.717) is 11.5 Å². The second kappa shape index (κ2) is 4.95. The minimum Gasteiger partial charge on any atom is -0.349 e. The zero-order valence-electron chi connectivity index (χ0n) is 11.2. The molecule has 2 fully saturated rings. The first-order valence-corrected chi connectivity index (χ1v) is 7.20. The summed E-state index contributed by atoms with van der Waals surface area (Å²) in [6.07, 6.45) is 5.27. The topological polar surface area (TPSA) is 29.1 Å².